The van der Waals surface area contributed by atoms with Crippen LogP contribution in [0.1, 0.15) is 12.5 Å². The largest absolute Gasteiger partial charge is 0.481 e. The lowest BCUT2D eigenvalue weighted by atomic mass is 10.2. The average molecular weight is 324 g/mol. The molecule has 1 atom stereocenters. The first kappa shape index (κ1) is 15.7. The van der Waals surface area contributed by atoms with Crippen molar-refractivity contribution in [1.29, 1.82) is 0 Å². The van der Waals surface area contributed by atoms with Gasteiger partial charge in [-0.25, -0.2) is 0 Å². The molecule has 0 aliphatic heterocycles. The van der Waals surface area contributed by atoms with Crippen molar-refractivity contribution in [3.8, 4) is 5.75 Å². The number of benzene rings is 2. The topological polar surface area (TPSA) is 38.3 Å². The van der Waals surface area contributed by atoms with Crippen LogP contribution < -0.4 is 10.1 Å². The number of carbonyl (C=O) groups excluding carboxylic acids is 1. The molecule has 0 bridgehead atoms. The first-order valence-electron chi connectivity index (χ1n) is 6.46. The Morgan fingerprint density at radius 2 is 1.71 bits per heavy atom. The zero-order valence-electron chi connectivity index (χ0n) is 11.7. The monoisotopic (exact) mass is 323 g/mol. The average Bonchev–Trinajstić information content (AvgIpc) is 2.45. The van der Waals surface area contributed by atoms with E-state index in [0.29, 0.717) is 21.5 Å². The molecule has 0 heterocycles. The molecule has 2 rings (SSSR count). The van der Waals surface area contributed by atoms with Crippen LogP contribution in [0.25, 0.3) is 0 Å². The van der Waals surface area contributed by atoms with Gasteiger partial charge in [0, 0.05) is 0 Å². The Morgan fingerprint density at radius 1 is 1.10 bits per heavy atom. The maximum Gasteiger partial charge on any atom is 0.265 e. The number of ether oxygens (including phenoxy) is 1. The smallest absolute Gasteiger partial charge is 0.265 e. The second-order valence-corrected chi connectivity index (χ2v) is 5.43. The van der Waals surface area contributed by atoms with Crippen molar-refractivity contribution in [3.05, 3.63) is 58.1 Å². The summed E-state index contributed by atoms with van der Waals surface area (Å²) in [5.74, 6) is 0.360. The van der Waals surface area contributed by atoms with Crippen molar-refractivity contribution in [3.63, 3.8) is 0 Å². The van der Waals surface area contributed by atoms with E-state index >= 15 is 0 Å². The van der Waals surface area contributed by atoms with E-state index in [-0.39, 0.29) is 5.91 Å². The van der Waals surface area contributed by atoms with Gasteiger partial charge in [-0.1, -0.05) is 47.5 Å². The van der Waals surface area contributed by atoms with Crippen LogP contribution in [-0.4, -0.2) is 12.0 Å². The SMILES string of the molecule is Cc1ccccc1O[C@@H](C)C(=O)Nc1c(Cl)cccc1Cl. The Balaban J connectivity index is 2.08. The fourth-order valence-corrected chi connectivity index (χ4v) is 2.27. The Bertz CT molecular complexity index is 638. The molecule has 0 radical (unpaired) electrons. The third kappa shape index (κ3) is 3.90. The van der Waals surface area contributed by atoms with Gasteiger partial charge in [-0.3, -0.25) is 4.79 Å². The van der Waals surface area contributed by atoms with E-state index < -0.39 is 6.10 Å². The molecule has 3 nitrogen and oxygen atoms in total. The van der Waals surface area contributed by atoms with Gasteiger partial charge >= 0.3 is 0 Å². The molecule has 0 aliphatic rings. The van der Waals surface area contributed by atoms with Crippen LogP contribution in [0.2, 0.25) is 10.0 Å². The van der Waals surface area contributed by atoms with Crippen LogP contribution in [0.4, 0.5) is 5.69 Å². The highest BCUT2D eigenvalue weighted by atomic mass is 35.5. The number of carbonyl (C=O) groups is 1. The van der Waals surface area contributed by atoms with Crippen LogP contribution in [0.3, 0.4) is 0 Å². The molecule has 0 fully saturated rings. The molecule has 0 unspecified atom stereocenters. The second-order valence-electron chi connectivity index (χ2n) is 4.61. The van der Waals surface area contributed by atoms with E-state index in [9.17, 15) is 4.79 Å². The normalized spacial score (nSPS) is 11.8. The minimum absolute atomic E-state index is 0.312. The molecule has 1 N–H and O–H groups in total. The van der Waals surface area contributed by atoms with E-state index in [2.05, 4.69) is 5.32 Å². The first-order chi connectivity index (χ1) is 9.99. The second kappa shape index (κ2) is 6.83. The molecule has 0 aromatic heterocycles. The molecule has 1 amide bonds. The Morgan fingerprint density at radius 3 is 2.33 bits per heavy atom. The third-order valence-electron chi connectivity index (χ3n) is 2.98. The number of amides is 1. The van der Waals surface area contributed by atoms with Gasteiger partial charge in [-0.2, -0.15) is 0 Å². The summed E-state index contributed by atoms with van der Waals surface area (Å²) in [6, 6.07) is 12.6. The summed E-state index contributed by atoms with van der Waals surface area (Å²) in [4.78, 5) is 12.2. The molecular weight excluding hydrogens is 309 g/mol. The number of para-hydroxylation sites is 2. The van der Waals surface area contributed by atoms with E-state index in [0.717, 1.165) is 5.56 Å². The summed E-state index contributed by atoms with van der Waals surface area (Å²) in [5, 5.41) is 3.47. The number of anilines is 1. The van der Waals surface area contributed by atoms with E-state index in [4.69, 9.17) is 27.9 Å². The summed E-state index contributed by atoms with van der Waals surface area (Å²) >= 11 is 12.0. The van der Waals surface area contributed by atoms with Crippen molar-refractivity contribution in [1.82, 2.24) is 0 Å². The Kier molecular flexibility index (Phi) is 5.10. The predicted octanol–water partition coefficient (Wildman–Crippen LogP) is 4.71. The van der Waals surface area contributed by atoms with E-state index in [1.165, 1.54) is 0 Å². The molecule has 0 saturated heterocycles. The number of nitrogens with one attached hydrogen (secondary N) is 1. The van der Waals surface area contributed by atoms with Crippen molar-refractivity contribution in [2.75, 3.05) is 5.32 Å². The van der Waals surface area contributed by atoms with Gasteiger partial charge in [-0.05, 0) is 37.6 Å². The zero-order valence-corrected chi connectivity index (χ0v) is 13.2. The first-order valence-corrected chi connectivity index (χ1v) is 7.22. The highest BCUT2D eigenvalue weighted by Crippen LogP contribution is 2.30. The summed E-state index contributed by atoms with van der Waals surface area (Å²) < 4.78 is 5.66. The molecule has 0 saturated carbocycles. The summed E-state index contributed by atoms with van der Waals surface area (Å²) in [5.41, 5.74) is 1.36. The number of hydrogen-bond donors (Lipinski definition) is 1. The van der Waals surface area contributed by atoms with Crippen LogP contribution in [0.5, 0.6) is 5.75 Å². The minimum atomic E-state index is -0.668. The van der Waals surface area contributed by atoms with Gasteiger partial charge in [0.25, 0.3) is 5.91 Å². The van der Waals surface area contributed by atoms with E-state index in [1.54, 1.807) is 25.1 Å². The van der Waals surface area contributed by atoms with Crippen LogP contribution >= 0.6 is 23.2 Å². The summed E-state index contributed by atoms with van der Waals surface area (Å²) in [6.45, 7) is 3.59. The summed E-state index contributed by atoms with van der Waals surface area (Å²) in [7, 11) is 0. The fourth-order valence-electron chi connectivity index (χ4n) is 1.77. The molecule has 110 valence electrons. The molecule has 2 aromatic carbocycles. The van der Waals surface area contributed by atoms with Gasteiger partial charge in [-0.15, -0.1) is 0 Å². The Labute approximate surface area is 133 Å². The number of hydrogen-bond acceptors (Lipinski definition) is 2. The van der Waals surface area contributed by atoms with Crippen LogP contribution in [-0.2, 0) is 4.79 Å². The van der Waals surface area contributed by atoms with Crippen LogP contribution in [0.15, 0.2) is 42.5 Å². The molecule has 2 aromatic rings. The number of halogens is 2. The maximum atomic E-state index is 12.2. The predicted molar refractivity (Wildman–Crippen MR) is 86.4 cm³/mol. The van der Waals surface area contributed by atoms with Gasteiger partial charge in [0.1, 0.15) is 5.75 Å². The third-order valence-corrected chi connectivity index (χ3v) is 3.61. The zero-order chi connectivity index (χ0) is 15.4. The quantitative estimate of drug-likeness (QED) is 0.885. The van der Waals surface area contributed by atoms with Gasteiger partial charge in [0.2, 0.25) is 0 Å². The maximum absolute atomic E-state index is 12.2. The minimum Gasteiger partial charge on any atom is -0.481 e. The molecule has 0 aliphatic carbocycles. The van der Waals surface area contributed by atoms with Crippen molar-refractivity contribution >= 4 is 34.8 Å². The van der Waals surface area contributed by atoms with E-state index in [1.807, 2.05) is 31.2 Å². The molecule has 5 heteroatoms. The number of aryl methyl sites for hydroxylation is 1. The summed E-state index contributed by atoms with van der Waals surface area (Å²) in [6.07, 6.45) is -0.668. The lowest BCUT2D eigenvalue weighted by Gasteiger charge is -2.17. The molecule has 0 spiro atoms. The van der Waals surface area contributed by atoms with Crippen LogP contribution in [0, 0.1) is 6.92 Å². The fraction of sp³-hybridized carbons (Fsp3) is 0.188. The lowest BCUT2D eigenvalue weighted by molar-refractivity contribution is -0.122. The van der Waals surface area contributed by atoms with Gasteiger partial charge in [0.15, 0.2) is 6.10 Å². The van der Waals surface area contributed by atoms with Crippen molar-refractivity contribution in [2.45, 2.75) is 20.0 Å². The molecular formula is C16H15Cl2NO2. The lowest BCUT2D eigenvalue weighted by Crippen LogP contribution is -2.30. The van der Waals surface area contributed by atoms with Gasteiger partial charge < -0.3 is 10.1 Å². The highest BCUT2D eigenvalue weighted by molar-refractivity contribution is 6.39. The standard InChI is InChI=1S/C16H15Cl2NO2/c1-10-6-3-4-9-14(10)21-11(2)16(20)19-15-12(17)7-5-8-13(15)18/h3-9,11H,1-2H3,(H,19,20)/t11-/m0/s1. The van der Waals surface area contributed by atoms with Gasteiger partial charge in [0.05, 0.1) is 15.7 Å². The van der Waals surface area contributed by atoms with Crippen molar-refractivity contribution in [2.24, 2.45) is 0 Å². The highest BCUT2D eigenvalue weighted by Gasteiger charge is 2.18. The number of rotatable bonds is 4. The van der Waals surface area contributed by atoms with Crippen molar-refractivity contribution < 1.29 is 9.53 Å². The molecule has 21 heavy (non-hydrogen) atoms. The Hall–Kier alpha value is -1.71.